The molecule has 24 heavy (non-hydrogen) atoms. The highest BCUT2D eigenvalue weighted by Crippen LogP contribution is 2.24. The van der Waals surface area contributed by atoms with Crippen LogP contribution in [0, 0.1) is 0 Å². The lowest BCUT2D eigenvalue weighted by Crippen LogP contribution is -2.24. The van der Waals surface area contributed by atoms with Gasteiger partial charge in [0, 0.05) is 25.9 Å². The third kappa shape index (κ3) is 4.60. The van der Waals surface area contributed by atoms with Gasteiger partial charge in [-0.25, -0.2) is 4.98 Å². The Kier molecular flexibility index (Phi) is 5.51. The van der Waals surface area contributed by atoms with Gasteiger partial charge in [-0.05, 0) is 49.8 Å². The van der Waals surface area contributed by atoms with E-state index in [2.05, 4.69) is 16.4 Å². The maximum atomic E-state index is 12.0. The first-order valence-corrected chi connectivity index (χ1v) is 8.69. The van der Waals surface area contributed by atoms with Gasteiger partial charge in [0.2, 0.25) is 5.91 Å². The molecular formula is C19H25N3O2. The average Bonchev–Trinajstić information content (AvgIpc) is 3.23. The van der Waals surface area contributed by atoms with E-state index in [1.54, 1.807) is 6.20 Å². The minimum absolute atomic E-state index is 0.0418. The monoisotopic (exact) mass is 327 g/mol. The number of aryl methyl sites for hydroxylation is 2. The molecule has 1 amide bonds. The highest BCUT2D eigenvalue weighted by atomic mass is 16.5. The van der Waals surface area contributed by atoms with Gasteiger partial charge in [0.05, 0.1) is 12.6 Å². The van der Waals surface area contributed by atoms with Crippen molar-refractivity contribution < 1.29 is 9.53 Å². The van der Waals surface area contributed by atoms with Crippen LogP contribution in [0.5, 0.6) is 5.75 Å². The number of nitrogens with zero attached hydrogens (tertiary/aromatic N) is 2. The summed E-state index contributed by atoms with van der Waals surface area (Å²) in [7, 11) is 1.92. The number of ether oxygens (including phenoxy) is 1. The Morgan fingerprint density at radius 2 is 2.21 bits per heavy atom. The van der Waals surface area contributed by atoms with E-state index in [1.165, 1.54) is 12.8 Å². The number of hydrogen-bond donors (Lipinski definition) is 1. The number of carbonyl (C=O) groups is 1. The summed E-state index contributed by atoms with van der Waals surface area (Å²) in [5, 5.41) is 2.92. The Balaban J connectivity index is 1.45. The Morgan fingerprint density at radius 3 is 2.96 bits per heavy atom. The zero-order valence-corrected chi connectivity index (χ0v) is 14.2. The molecule has 1 fully saturated rings. The van der Waals surface area contributed by atoms with Gasteiger partial charge in [-0.1, -0.05) is 12.1 Å². The van der Waals surface area contributed by atoms with Crippen molar-refractivity contribution in [2.75, 3.05) is 0 Å². The first kappa shape index (κ1) is 16.6. The lowest BCUT2D eigenvalue weighted by atomic mass is 10.1. The molecule has 1 aromatic heterocycles. The zero-order chi connectivity index (χ0) is 16.8. The third-order valence-corrected chi connectivity index (χ3v) is 4.51. The fourth-order valence-electron chi connectivity index (χ4n) is 3.06. The molecule has 5 nitrogen and oxygen atoms in total. The van der Waals surface area contributed by atoms with E-state index in [9.17, 15) is 4.79 Å². The van der Waals surface area contributed by atoms with Crippen molar-refractivity contribution in [2.45, 2.75) is 51.2 Å². The van der Waals surface area contributed by atoms with Crippen molar-refractivity contribution >= 4 is 5.91 Å². The lowest BCUT2D eigenvalue weighted by molar-refractivity contribution is -0.121. The van der Waals surface area contributed by atoms with Crippen molar-refractivity contribution in [3.63, 3.8) is 0 Å². The van der Waals surface area contributed by atoms with Gasteiger partial charge in [-0.15, -0.1) is 0 Å². The lowest BCUT2D eigenvalue weighted by Gasteiger charge is -2.13. The van der Waals surface area contributed by atoms with Gasteiger partial charge < -0.3 is 14.6 Å². The average molecular weight is 327 g/mol. The van der Waals surface area contributed by atoms with Gasteiger partial charge in [0.1, 0.15) is 11.6 Å². The molecule has 128 valence electrons. The molecule has 2 aromatic rings. The van der Waals surface area contributed by atoms with Crippen LogP contribution in [0.1, 0.15) is 43.5 Å². The normalized spacial score (nSPS) is 14.7. The second kappa shape index (κ2) is 7.99. The van der Waals surface area contributed by atoms with E-state index in [-0.39, 0.29) is 5.91 Å². The highest BCUT2D eigenvalue weighted by molar-refractivity contribution is 5.76. The summed E-state index contributed by atoms with van der Waals surface area (Å²) in [5.41, 5.74) is 1.14. The van der Waals surface area contributed by atoms with E-state index < -0.39 is 0 Å². The highest BCUT2D eigenvalue weighted by Gasteiger charge is 2.16. The van der Waals surface area contributed by atoms with Crippen molar-refractivity contribution in [1.29, 1.82) is 0 Å². The number of amides is 1. The summed E-state index contributed by atoms with van der Waals surface area (Å²) in [6.07, 6.45) is 9.99. The Labute approximate surface area is 143 Å². The summed E-state index contributed by atoms with van der Waals surface area (Å²) in [5.74, 6) is 1.82. The van der Waals surface area contributed by atoms with Crippen LogP contribution >= 0.6 is 0 Å². The van der Waals surface area contributed by atoms with Gasteiger partial charge in [-0.3, -0.25) is 4.79 Å². The van der Waals surface area contributed by atoms with Crippen molar-refractivity contribution in [2.24, 2.45) is 7.05 Å². The van der Waals surface area contributed by atoms with Crippen molar-refractivity contribution in [1.82, 2.24) is 14.9 Å². The number of rotatable bonds is 7. The molecule has 3 rings (SSSR count). The third-order valence-electron chi connectivity index (χ3n) is 4.51. The second-order valence-electron chi connectivity index (χ2n) is 6.40. The fourth-order valence-corrected chi connectivity index (χ4v) is 3.06. The first-order valence-electron chi connectivity index (χ1n) is 8.69. The molecule has 1 saturated carbocycles. The molecular weight excluding hydrogens is 302 g/mol. The number of benzene rings is 1. The first-order chi connectivity index (χ1) is 11.7. The Morgan fingerprint density at radius 1 is 1.38 bits per heavy atom. The van der Waals surface area contributed by atoms with Crippen LogP contribution in [0.15, 0.2) is 36.7 Å². The molecule has 0 atom stereocenters. The van der Waals surface area contributed by atoms with Crippen LogP contribution in [0.3, 0.4) is 0 Å². The summed E-state index contributed by atoms with van der Waals surface area (Å²) in [6.45, 7) is 0.465. The van der Waals surface area contributed by atoms with Gasteiger partial charge in [-0.2, -0.15) is 0 Å². The molecule has 1 aliphatic carbocycles. The number of carbonyl (C=O) groups excluding carboxylic acids is 1. The van der Waals surface area contributed by atoms with Crippen LogP contribution in [-0.2, 0) is 24.8 Å². The topological polar surface area (TPSA) is 56.2 Å². The zero-order valence-electron chi connectivity index (χ0n) is 14.2. The van der Waals surface area contributed by atoms with E-state index in [4.69, 9.17) is 4.74 Å². The van der Waals surface area contributed by atoms with Gasteiger partial charge in [0.25, 0.3) is 0 Å². The van der Waals surface area contributed by atoms with Crippen LogP contribution in [0.25, 0.3) is 0 Å². The Bertz CT molecular complexity index is 675. The predicted octanol–water partition coefficient (Wildman–Crippen LogP) is 2.99. The van der Waals surface area contributed by atoms with E-state index >= 15 is 0 Å². The SMILES string of the molecule is Cn1ccnc1CNC(=O)CCc1cccc(OC2CCCC2)c1. The van der Waals surface area contributed by atoms with Crippen molar-refractivity contribution in [3.8, 4) is 5.75 Å². The standard InChI is InChI=1S/C19H25N3O2/c1-22-12-11-20-18(22)14-21-19(23)10-9-15-5-4-8-17(13-15)24-16-6-2-3-7-16/h4-5,8,11-13,16H,2-3,6-7,9-10,14H2,1H3,(H,21,23). The number of aromatic nitrogens is 2. The molecule has 0 bridgehead atoms. The molecule has 5 heteroatoms. The second-order valence-corrected chi connectivity index (χ2v) is 6.40. The largest absolute Gasteiger partial charge is 0.490 e. The number of hydrogen-bond acceptors (Lipinski definition) is 3. The smallest absolute Gasteiger partial charge is 0.220 e. The minimum atomic E-state index is 0.0418. The van der Waals surface area contributed by atoms with Crippen molar-refractivity contribution in [3.05, 3.63) is 48.0 Å². The van der Waals surface area contributed by atoms with Crippen LogP contribution in [0.2, 0.25) is 0 Å². The molecule has 1 aliphatic rings. The summed E-state index contributed by atoms with van der Waals surface area (Å²) >= 11 is 0. The molecule has 1 N–H and O–H groups in total. The maximum absolute atomic E-state index is 12.0. The Hall–Kier alpha value is -2.30. The van der Waals surface area contributed by atoms with E-state index in [1.807, 2.05) is 36.0 Å². The maximum Gasteiger partial charge on any atom is 0.220 e. The van der Waals surface area contributed by atoms with Gasteiger partial charge in [0.15, 0.2) is 0 Å². The molecule has 0 spiro atoms. The number of nitrogens with one attached hydrogen (secondary N) is 1. The number of imidazole rings is 1. The predicted molar refractivity (Wildman–Crippen MR) is 92.7 cm³/mol. The molecule has 1 heterocycles. The molecule has 0 aliphatic heterocycles. The van der Waals surface area contributed by atoms with Crippen LogP contribution in [-0.4, -0.2) is 21.6 Å². The van der Waals surface area contributed by atoms with Crippen LogP contribution in [0.4, 0.5) is 0 Å². The molecule has 1 aromatic carbocycles. The quantitative estimate of drug-likeness (QED) is 0.850. The summed E-state index contributed by atoms with van der Waals surface area (Å²) < 4.78 is 7.93. The van der Waals surface area contributed by atoms with Gasteiger partial charge >= 0.3 is 0 Å². The minimum Gasteiger partial charge on any atom is -0.490 e. The summed E-state index contributed by atoms with van der Waals surface area (Å²) in [4.78, 5) is 16.2. The van der Waals surface area contributed by atoms with E-state index in [0.29, 0.717) is 25.5 Å². The fraction of sp³-hybridized carbons (Fsp3) is 0.474. The molecule has 0 radical (unpaired) electrons. The van der Waals surface area contributed by atoms with Crippen LogP contribution < -0.4 is 10.1 Å². The molecule has 0 saturated heterocycles. The van der Waals surface area contributed by atoms with E-state index in [0.717, 1.165) is 30.0 Å². The summed E-state index contributed by atoms with van der Waals surface area (Å²) in [6, 6.07) is 8.12. The molecule has 0 unspecified atom stereocenters.